The molecule has 0 radical (unpaired) electrons. The fraction of sp³-hybridized carbons (Fsp3) is 0.474. The summed E-state index contributed by atoms with van der Waals surface area (Å²) in [6.45, 7) is 6.53. The second-order valence-corrected chi connectivity index (χ2v) is 7.35. The van der Waals surface area contributed by atoms with E-state index in [4.69, 9.17) is 0 Å². The molecule has 0 aromatic carbocycles. The molecule has 1 aromatic heterocycles. The van der Waals surface area contributed by atoms with Crippen LogP contribution < -0.4 is 5.32 Å². The van der Waals surface area contributed by atoms with E-state index in [1.807, 2.05) is 13.8 Å². The zero-order chi connectivity index (χ0) is 20.1. The smallest absolute Gasteiger partial charge is 0.307 e. The maximum absolute atomic E-state index is 12.7. The van der Waals surface area contributed by atoms with E-state index in [1.165, 1.54) is 0 Å². The van der Waals surface area contributed by atoms with E-state index in [9.17, 15) is 24.8 Å². The van der Waals surface area contributed by atoms with Gasteiger partial charge in [-0.25, -0.2) is 0 Å². The third-order valence-electron chi connectivity index (χ3n) is 4.83. The van der Waals surface area contributed by atoms with Gasteiger partial charge in [0.25, 0.3) is 5.91 Å². The lowest BCUT2D eigenvalue weighted by Crippen LogP contribution is -2.34. The molecule has 7 nitrogen and oxygen atoms in total. The van der Waals surface area contributed by atoms with Crippen molar-refractivity contribution < 1.29 is 19.5 Å². The molecule has 0 bridgehead atoms. The number of allylic oxidation sites excluding steroid dienone is 2. The number of carbonyl (C=O) groups is 3. The van der Waals surface area contributed by atoms with Crippen molar-refractivity contribution in [1.82, 2.24) is 4.90 Å². The van der Waals surface area contributed by atoms with Gasteiger partial charge in [0.05, 0.1) is 22.3 Å². The molecule has 0 saturated heterocycles. The predicted octanol–water partition coefficient (Wildman–Crippen LogP) is 3.02. The molecule has 2 N–H and O–H groups in total. The highest BCUT2D eigenvalue weighted by atomic mass is 32.1. The molecule has 0 saturated carbocycles. The molecule has 0 fully saturated rings. The highest BCUT2D eigenvalue weighted by Gasteiger charge is 2.35. The Morgan fingerprint density at radius 2 is 1.85 bits per heavy atom. The summed E-state index contributed by atoms with van der Waals surface area (Å²) in [5, 5.41) is 21.8. The van der Waals surface area contributed by atoms with Gasteiger partial charge < -0.3 is 15.3 Å². The van der Waals surface area contributed by atoms with Crippen LogP contribution >= 0.6 is 11.3 Å². The zero-order valence-corrected chi connectivity index (χ0v) is 16.4. The molecule has 2 amide bonds. The number of aliphatic carboxylic acids is 1. The minimum Gasteiger partial charge on any atom is -0.481 e. The van der Waals surface area contributed by atoms with Crippen LogP contribution in [-0.2, 0) is 9.59 Å². The van der Waals surface area contributed by atoms with Crippen molar-refractivity contribution in [2.45, 2.75) is 33.6 Å². The normalized spacial score (nSPS) is 18.6. The fourth-order valence-corrected chi connectivity index (χ4v) is 4.30. The van der Waals surface area contributed by atoms with Gasteiger partial charge in [-0.3, -0.25) is 14.4 Å². The quantitative estimate of drug-likeness (QED) is 0.727. The average molecular weight is 389 g/mol. The van der Waals surface area contributed by atoms with Gasteiger partial charge in [0, 0.05) is 13.1 Å². The molecule has 144 valence electrons. The number of anilines is 1. The van der Waals surface area contributed by atoms with E-state index < -0.39 is 23.7 Å². The molecule has 2 rings (SSSR count). The Balaban J connectivity index is 2.31. The summed E-state index contributed by atoms with van der Waals surface area (Å²) < 4.78 is 0. The minimum absolute atomic E-state index is 0.177. The average Bonchev–Trinajstić information content (AvgIpc) is 2.97. The van der Waals surface area contributed by atoms with Gasteiger partial charge in [-0.15, -0.1) is 11.3 Å². The first kappa shape index (κ1) is 20.6. The molecule has 1 aromatic rings. The Kier molecular flexibility index (Phi) is 6.75. The van der Waals surface area contributed by atoms with Crippen LogP contribution in [-0.4, -0.2) is 40.9 Å². The SMILES string of the molecule is CCN(CC)C(=O)c1sc(NC(=O)[C@H]2CC=CC[C@@H]2C(=O)O)c(C#N)c1C. The van der Waals surface area contributed by atoms with Crippen LogP contribution in [0.15, 0.2) is 12.2 Å². The lowest BCUT2D eigenvalue weighted by atomic mass is 9.82. The van der Waals surface area contributed by atoms with Crippen molar-refractivity contribution in [2.24, 2.45) is 11.8 Å². The van der Waals surface area contributed by atoms with Crippen LogP contribution in [0.5, 0.6) is 0 Å². The van der Waals surface area contributed by atoms with Crippen molar-refractivity contribution in [3.8, 4) is 6.07 Å². The van der Waals surface area contributed by atoms with E-state index in [-0.39, 0.29) is 11.5 Å². The molecule has 0 spiro atoms. The Morgan fingerprint density at radius 1 is 1.26 bits per heavy atom. The number of nitriles is 1. The number of carboxylic acids is 1. The van der Waals surface area contributed by atoms with E-state index >= 15 is 0 Å². The van der Waals surface area contributed by atoms with Crippen LogP contribution in [0.2, 0.25) is 0 Å². The Bertz CT molecular complexity index is 818. The van der Waals surface area contributed by atoms with Gasteiger partial charge in [-0.2, -0.15) is 5.26 Å². The summed E-state index contributed by atoms with van der Waals surface area (Å²) >= 11 is 1.07. The number of nitrogens with zero attached hydrogens (tertiary/aromatic N) is 2. The number of carbonyl (C=O) groups excluding carboxylic acids is 2. The molecule has 27 heavy (non-hydrogen) atoms. The number of hydrogen-bond donors (Lipinski definition) is 2. The molecular formula is C19H23N3O4S. The highest BCUT2D eigenvalue weighted by molar-refractivity contribution is 7.18. The van der Waals surface area contributed by atoms with Crippen LogP contribution in [0.1, 0.15) is 47.5 Å². The molecule has 0 unspecified atom stereocenters. The van der Waals surface area contributed by atoms with Gasteiger partial charge in [0.15, 0.2) is 0 Å². The number of hydrogen-bond acceptors (Lipinski definition) is 5. The topological polar surface area (TPSA) is 110 Å². The highest BCUT2D eigenvalue weighted by Crippen LogP contribution is 2.35. The first-order chi connectivity index (χ1) is 12.8. The molecular weight excluding hydrogens is 366 g/mol. The number of amides is 2. The van der Waals surface area contributed by atoms with Crippen molar-refractivity contribution in [3.63, 3.8) is 0 Å². The first-order valence-corrected chi connectivity index (χ1v) is 9.68. The largest absolute Gasteiger partial charge is 0.481 e. The minimum atomic E-state index is -1.01. The summed E-state index contributed by atoms with van der Waals surface area (Å²) in [4.78, 5) is 38.8. The van der Waals surface area contributed by atoms with E-state index in [1.54, 1.807) is 24.0 Å². The summed E-state index contributed by atoms with van der Waals surface area (Å²) in [6, 6.07) is 2.05. The Morgan fingerprint density at radius 3 is 2.37 bits per heavy atom. The van der Waals surface area contributed by atoms with Crippen LogP contribution in [0.25, 0.3) is 0 Å². The van der Waals surface area contributed by atoms with Crippen molar-refractivity contribution in [2.75, 3.05) is 18.4 Å². The molecule has 2 atom stereocenters. The number of carboxylic acid groups (broad SMARTS) is 1. The van der Waals surface area contributed by atoms with E-state index in [0.717, 1.165) is 11.3 Å². The number of thiophene rings is 1. The first-order valence-electron chi connectivity index (χ1n) is 8.87. The molecule has 0 aliphatic heterocycles. The predicted molar refractivity (Wildman–Crippen MR) is 103 cm³/mol. The maximum atomic E-state index is 12.7. The summed E-state index contributed by atoms with van der Waals surface area (Å²) in [7, 11) is 0. The van der Waals surface area contributed by atoms with Gasteiger partial charge in [0.1, 0.15) is 11.1 Å². The monoisotopic (exact) mass is 389 g/mol. The second-order valence-electron chi connectivity index (χ2n) is 6.33. The van der Waals surface area contributed by atoms with Crippen LogP contribution in [0.3, 0.4) is 0 Å². The lowest BCUT2D eigenvalue weighted by Gasteiger charge is -2.23. The maximum Gasteiger partial charge on any atom is 0.307 e. The third-order valence-corrected chi connectivity index (χ3v) is 6.02. The van der Waals surface area contributed by atoms with Crippen molar-refractivity contribution in [1.29, 1.82) is 5.26 Å². The summed E-state index contributed by atoms with van der Waals surface area (Å²) in [5.74, 6) is -3.13. The van der Waals surface area contributed by atoms with Crippen LogP contribution in [0.4, 0.5) is 5.00 Å². The Labute approximate surface area is 162 Å². The lowest BCUT2D eigenvalue weighted by molar-refractivity contribution is -0.146. The third kappa shape index (κ3) is 4.19. The molecule has 1 aliphatic carbocycles. The molecule has 1 aliphatic rings. The number of rotatable bonds is 6. The zero-order valence-electron chi connectivity index (χ0n) is 15.6. The van der Waals surface area contributed by atoms with E-state index in [0.29, 0.717) is 41.4 Å². The van der Waals surface area contributed by atoms with E-state index in [2.05, 4.69) is 11.4 Å². The van der Waals surface area contributed by atoms with Gasteiger partial charge in [-0.1, -0.05) is 12.2 Å². The Hall–Kier alpha value is -2.66. The molecule has 8 heteroatoms. The van der Waals surface area contributed by atoms with Gasteiger partial charge in [0.2, 0.25) is 5.91 Å². The standard InChI is InChI=1S/C19H23N3O4S/c1-4-22(5-2)18(24)15-11(3)14(10-20)17(27-15)21-16(23)12-8-6-7-9-13(12)19(25)26/h6-7,12-13H,4-5,8-9H2,1-3H3,(H,21,23)(H,25,26)/t12-,13-/m0/s1. The van der Waals surface area contributed by atoms with Gasteiger partial charge >= 0.3 is 5.97 Å². The fourth-order valence-electron chi connectivity index (χ4n) is 3.18. The van der Waals surface area contributed by atoms with Crippen LogP contribution in [0, 0.1) is 30.1 Å². The van der Waals surface area contributed by atoms with Crippen molar-refractivity contribution in [3.05, 3.63) is 28.2 Å². The second kappa shape index (κ2) is 8.82. The van der Waals surface area contributed by atoms with Gasteiger partial charge in [-0.05, 0) is 39.2 Å². The summed E-state index contributed by atoms with van der Waals surface area (Å²) in [5.41, 5.74) is 0.787. The summed E-state index contributed by atoms with van der Waals surface area (Å²) in [6.07, 6.45) is 4.19. The molecule has 1 heterocycles. The number of nitrogens with one attached hydrogen (secondary N) is 1. The van der Waals surface area contributed by atoms with Crippen molar-refractivity contribution >= 4 is 34.1 Å².